The molecule has 1 aromatic heterocycles. The number of aromatic amines is 1. The van der Waals surface area contributed by atoms with Crippen molar-refractivity contribution < 1.29 is 28.9 Å². The van der Waals surface area contributed by atoms with Crippen molar-refractivity contribution in [3.8, 4) is 17.2 Å². The second-order valence-corrected chi connectivity index (χ2v) is 8.75. The quantitative estimate of drug-likeness (QED) is 0.226. The van der Waals surface area contributed by atoms with Crippen LogP contribution in [0.4, 0.5) is 5.69 Å². The first kappa shape index (κ1) is 22.1. The molecule has 2 aliphatic heterocycles. The molecule has 1 atom stereocenters. The van der Waals surface area contributed by atoms with Crippen LogP contribution in [-0.4, -0.2) is 35.7 Å². The number of H-pyrrole nitrogens is 1. The number of aliphatic hydroxyl groups is 1. The van der Waals surface area contributed by atoms with E-state index in [0.717, 1.165) is 10.9 Å². The Balaban J connectivity index is 1.58. The number of methoxy groups -OCH3 is 1. The number of aromatic nitrogens is 1. The van der Waals surface area contributed by atoms with Gasteiger partial charge in [-0.15, -0.1) is 0 Å². The van der Waals surface area contributed by atoms with Crippen molar-refractivity contribution in [2.45, 2.75) is 6.04 Å². The first-order valence-electron chi connectivity index (χ1n) is 11.1. The van der Waals surface area contributed by atoms with Crippen LogP contribution in [-0.2, 0) is 9.59 Å². The Hall–Kier alpha value is -4.43. The molecule has 0 radical (unpaired) electrons. The van der Waals surface area contributed by atoms with E-state index in [1.54, 1.807) is 36.5 Å². The molecule has 2 aliphatic rings. The van der Waals surface area contributed by atoms with Crippen molar-refractivity contribution in [1.82, 2.24) is 4.98 Å². The van der Waals surface area contributed by atoms with Crippen LogP contribution in [0.5, 0.6) is 17.2 Å². The SMILES string of the molecule is COc1ccc(/C(O)=C2\C(=O)C(=O)N(c3ccc4c(c3)OCO4)C2c2c[nH]c3ccccc23)cc1Cl. The summed E-state index contributed by atoms with van der Waals surface area (Å²) in [4.78, 5) is 31.5. The van der Waals surface area contributed by atoms with Gasteiger partial charge in [-0.25, -0.2) is 0 Å². The number of hydrogen-bond donors (Lipinski definition) is 2. The summed E-state index contributed by atoms with van der Waals surface area (Å²) < 4.78 is 16.1. The van der Waals surface area contributed by atoms with Crippen molar-refractivity contribution in [3.05, 3.63) is 88.6 Å². The van der Waals surface area contributed by atoms with Gasteiger partial charge in [-0.3, -0.25) is 14.5 Å². The predicted molar refractivity (Wildman–Crippen MR) is 134 cm³/mol. The zero-order chi connectivity index (χ0) is 25.0. The van der Waals surface area contributed by atoms with Crippen LogP contribution in [0.2, 0.25) is 5.02 Å². The minimum atomic E-state index is -0.914. The highest BCUT2D eigenvalue weighted by Gasteiger charge is 2.48. The average Bonchev–Trinajstić information content (AvgIpc) is 3.59. The maximum atomic E-state index is 13.5. The number of carbonyl (C=O) groups is 2. The van der Waals surface area contributed by atoms with Crippen LogP contribution in [0, 0.1) is 0 Å². The van der Waals surface area contributed by atoms with Gasteiger partial charge in [-0.05, 0) is 36.4 Å². The summed E-state index contributed by atoms with van der Waals surface area (Å²) in [5, 5.41) is 12.5. The molecule has 1 amide bonds. The first-order valence-corrected chi connectivity index (χ1v) is 11.5. The van der Waals surface area contributed by atoms with Gasteiger partial charge in [0.1, 0.15) is 11.5 Å². The smallest absolute Gasteiger partial charge is 0.300 e. The van der Waals surface area contributed by atoms with E-state index in [1.165, 1.54) is 18.1 Å². The molecule has 1 saturated heterocycles. The monoisotopic (exact) mass is 502 g/mol. The molecule has 1 fully saturated rings. The molecule has 36 heavy (non-hydrogen) atoms. The fourth-order valence-corrected chi connectivity index (χ4v) is 4.98. The number of benzene rings is 3. The molecule has 3 heterocycles. The minimum absolute atomic E-state index is 0.0522. The third-order valence-electron chi connectivity index (χ3n) is 6.42. The molecule has 2 N–H and O–H groups in total. The number of fused-ring (bicyclic) bond motifs is 2. The summed E-state index contributed by atoms with van der Waals surface area (Å²) in [6, 6.07) is 16.3. The van der Waals surface area contributed by atoms with Crippen LogP contribution in [0.15, 0.2) is 72.4 Å². The van der Waals surface area contributed by atoms with E-state index >= 15 is 0 Å². The molecule has 180 valence electrons. The number of rotatable bonds is 4. The standard InChI is InChI=1S/C27H19ClN2O6/c1-34-20-8-6-14(10-18(20)28)25(31)23-24(17-12-29-19-5-3-2-4-16(17)19)30(27(33)26(23)32)15-7-9-21-22(11-15)36-13-35-21/h2-12,24,29,31H,13H2,1H3/b25-23+. The Kier molecular flexibility index (Phi) is 5.12. The predicted octanol–water partition coefficient (Wildman–Crippen LogP) is 5.18. The van der Waals surface area contributed by atoms with Gasteiger partial charge >= 0.3 is 0 Å². The topological polar surface area (TPSA) is 101 Å². The molecule has 6 rings (SSSR count). The zero-order valence-corrected chi connectivity index (χ0v) is 19.7. The number of nitrogens with zero attached hydrogens (tertiary/aromatic N) is 1. The second kappa shape index (κ2) is 8.35. The molecule has 8 nitrogen and oxygen atoms in total. The number of amides is 1. The first-order chi connectivity index (χ1) is 17.5. The molecule has 3 aromatic carbocycles. The lowest BCUT2D eigenvalue weighted by atomic mass is 9.94. The summed E-state index contributed by atoms with van der Waals surface area (Å²) in [5.41, 5.74) is 2.15. The lowest BCUT2D eigenvalue weighted by Gasteiger charge is -2.25. The Morgan fingerprint density at radius 3 is 2.69 bits per heavy atom. The normalized spacial score (nSPS) is 18.3. The molecular weight excluding hydrogens is 484 g/mol. The van der Waals surface area contributed by atoms with E-state index in [4.69, 9.17) is 25.8 Å². The lowest BCUT2D eigenvalue weighted by molar-refractivity contribution is -0.132. The van der Waals surface area contributed by atoms with Gasteiger partial charge in [0.25, 0.3) is 11.7 Å². The number of ketones is 1. The molecule has 9 heteroatoms. The van der Waals surface area contributed by atoms with Crippen LogP contribution < -0.4 is 19.1 Å². The van der Waals surface area contributed by atoms with E-state index < -0.39 is 17.7 Å². The largest absolute Gasteiger partial charge is 0.507 e. The summed E-state index contributed by atoms with van der Waals surface area (Å²) in [6.45, 7) is 0.0711. The zero-order valence-electron chi connectivity index (χ0n) is 18.9. The number of ether oxygens (including phenoxy) is 3. The number of hydrogen-bond acceptors (Lipinski definition) is 6. The minimum Gasteiger partial charge on any atom is -0.507 e. The number of Topliss-reactive ketones (excluding diaryl/α,β-unsaturated/α-hetero) is 1. The molecule has 0 bridgehead atoms. The second-order valence-electron chi connectivity index (χ2n) is 8.35. The Morgan fingerprint density at radius 2 is 1.89 bits per heavy atom. The Morgan fingerprint density at radius 1 is 1.08 bits per heavy atom. The average molecular weight is 503 g/mol. The highest BCUT2D eigenvalue weighted by atomic mass is 35.5. The van der Waals surface area contributed by atoms with Crippen LogP contribution in [0.25, 0.3) is 16.7 Å². The summed E-state index contributed by atoms with van der Waals surface area (Å²) in [7, 11) is 1.48. The highest BCUT2D eigenvalue weighted by molar-refractivity contribution is 6.52. The Labute approximate surface area is 210 Å². The van der Waals surface area contributed by atoms with E-state index in [9.17, 15) is 14.7 Å². The van der Waals surface area contributed by atoms with Gasteiger partial charge in [0.05, 0.1) is 23.7 Å². The van der Waals surface area contributed by atoms with Gasteiger partial charge in [0.2, 0.25) is 6.79 Å². The summed E-state index contributed by atoms with van der Waals surface area (Å²) in [6.07, 6.45) is 1.75. The van der Waals surface area contributed by atoms with Crippen LogP contribution in [0.3, 0.4) is 0 Å². The van der Waals surface area contributed by atoms with Crippen LogP contribution >= 0.6 is 11.6 Å². The number of halogens is 1. The molecule has 0 aliphatic carbocycles. The van der Waals surface area contributed by atoms with E-state index in [0.29, 0.717) is 28.5 Å². The fraction of sp³-hybridized carbons (Fsp3) is 0.111. The highest BCUT2D eigenvalue weighted by Crippen LogP contribution is 2.46. The van der Waals surface area contributed by atoms with Gasteiger partial charge in [0, 0.05) is 40.0 Å². The summed E-state index contributed by atoms with van der Waals surface area (Å²) >= 11 is 6.29. The number of anilines is 1. The van der Waals surface area contributed by atoms with Crippen molar-refractivity contribution >= 4 is 45.6 Å². The Bertz CT molecular complexity index is 1590. The third kappa shape index (κ3) is 3.30. The molecule has 4 aromatic rings. The third-order valence-corrected chi connectivity index (χ3v) is 6.72. The molecule has 0 spiro atoms. The van der Waals surface area contributed by atoms with Crippen LogP contribution in [0.1, 0.15) is 17.2 Å². The van der Waals surface area contributed by atoms with E-state index in [1.807, 2.05) is 24.3 Å². The van der Waals surface area contributed by atoms with E-state index in [2.05, 4.69) is 4.98 Å². The van der Waals surface area contributed by atoms with Crippen molar-refractivity contribution in [1.29, 1.82) is 0 Å². The number of aliphatic hydroxyl groups excluding tert-OH is 1. The summed E-state index contributed by atoms with van der Waals surface area (Å²) in [5.74, 6) is -0.489. The van der Waals surface area contributed by atoms with Crippen molar-refractivity contribution in [2.24, 2.45) is 0 Å². The van der Waals surface area contributed by atoms with Gasteiger partial charge in [-0.2, -0.15) is 0 Å². The van der Waals surface area contributed by atoms with Gasteiger partial charge < -0.3 is 24.3 Å². The number of para-hydroxylation sites is 1. The van der Waals surface area contributed by atoms with Crippen molar-refractivity contribution in [2.75, 3.05) is 18.8 Å². The fourth-order valence-electron chi connectivity index (χ4n) is 4.72. The molecule has 1 unspecified atom stereocenters. The van der Waals surface area contributed by atoms with Gasteiger partial charge in [0.15, 0.2) is 11.5 Å². The molecule has 0 saturated carbocycles. The maximum absolute atomic E-state index is 13.5. The van der Waals surface area contributed by atoms with Gasteiger partial charge in [-0.1, -0.05) is 29.8 Å². The lowest BCUT2D eigenvalue weighted by Crippen LogP contribution is -2.29. The maximum Gasteiger partial charge on any atom is 0.300 e. The molecular formula is C27H19ClN2O6. The van der Waals surface area contributed by atoms with Crippen molar-refractivity contribution in [3.63, 3.8) is 0 Å². The number of carbonyl (C=O) groups excluding carboxylic acids is 2. The number of nitrogens with one attached hydrogen (secondary N) is 1. The van der Waals surface area contributed by atoms with E-state index in [-0.39, 0.29) is 28.7 Å².